The lowest BCUT2D eigenvalue weighted by molar-refractivity contribution is -0.250. The van der Waals surface area contributed by atoms with Crippen LogP contribution in [0.2, 0.25) is 0 Å². The summed E-state index contributed by atoms with van der Waals surface area (Å²) in [6.07, 6.45) is 3.34. The van der Waals surface area contributed by atoms with Gasteiger partial charge in [0.05, 0.1) is 0 Å². The number of carbonyl (C=O) groups excluding carboxylic acids is 1. The summed E-state index contributed by atoms with van der Waals surface area (Å²) in [5.74, 6) is -0.0178. The number of likely N-dealkylation sites (N-methyl/N-ethyl adjacent to an activating group) is 1. The van der Waals surface area contributed by atoms with Crippen LogP contribution in [0, 0.1) is 0 Å². The number of hydrogen-bond donors (Lipinski definition) is 1. The van der Waals surface area contributed by atoms with E-state index >= 15 is 0 Å². The van der Waals surface area contributed by atoms with E-state index in [1.54, 1.807) is 0 Å². The van der Waals surface area contributed by atoms with Gasteiger partial charge in [0, 0.05) is 29.7 Å². The summed E-state index contributed by atoms with van der Waals surface area (Å²) in [4.78, 5) is 15.1. The van der Waals surface area contributed by atoms with Crippen LogP contribution in [0.25, 0.3) is 0 Å². The third-order valence-electron chi connectivity index (χ3n) is 6.01. The molecule has 0 atom stereocenters. The Balaban J connectivity index is 2.29. The Bertz CT molecular complexity index is 575. The van der Waals surface area contributed by atoms with Gasteiger partial charge in [-0.25, -0.2) is 0 Å². The first-order valence-corrected chi connectivity index (χ1v) is 9.05. The Morgan fingerprint density at radius 1 is 1.12 bits per heavy atom. The van der Waals surface area contributed by atoms with Crippen LogP contribution in [-0.2, 0) is 4.79 Å². The Kier molecular flexibility index (Phi) is 4.70. The molecule has 2 heterocycles. The normalized spacial score (nSPS) is 28.7. The maximum atomic E-state index is 13.3. The molecule has 1 fully saturated rings. The molecule has 0 aromatic heterocycles. The zero-order valence-corrected chi connectivity index (χ0v) is 17.3. The van der Waals surface area contributed by atoms with E-state index in [0.29, 0.717) is 18.4 Å². The molecule has 3 N–H and O–H groups in total. The lowest BCUT2D eigenvalue weighted by atomic mass is 9.78. The van der Waals surface area contributed by atoms with Gasteiger partial charge in [-0.3, -0.25) is 4.79 Å². The van der Waals surface area contributed by atoms with E-state index in [2.05, 4.69) is 0 Å². The second-order valence-electron chi connectivity index (χ2n) is 10.0. The predicted molar refractivity (Wildman–Crippen MR) is 99.3 cm³/mol. The Labute approximate surface area is 152 Å². The van der Waals surface area contributed by atoms with Gasteiger partial charge in [-0.2, -0.15) is 5.06 Å². The largest absolute Gasteiger partial charge is 0.339 e. The van der Waals surface area contributed by atoms with Crippen LogP contribution < -0.4 is 0 Å². The number of carbonyl (C=O) groups is 1. The molecule has 0 saturated carbocycles. The fraction of sp³-hybridized carbons (Fsp3) is 0.842. The van der Waals surface area contributed by atoms with Gasteiger partial charge in [0.2, 0.25) is 0 Å². The molecule has 0 aliphatic carbocycles. The highest BCUT2D eigenvalue weighted by Crippen LogP contribution is 2.42. The van der Waals surface area contributed by atoms with Crippen molar-refractivity contribution >= 4 is 5.91 Å². The van der Waals surface area contributed by atoms with Crippen LogP contribution in [0.15, 0.2) is 11.6 Å². The summed E-state index contributed by atoms with van der Waals surface area (Å²) < 4.78 is 0. The third kappa shape index (κ3) is 3.25. The van der Waals surface area contributed by atoms with E-state index in [1.807, 2.05) is 73.4 Å². The van der Waals surface area contributed by atoms with E-state index in [0.717, 1.165) is 0 Å². The molecule has 1 saturated heterocycles. The summed E-state index contributed by atoms with van der Waals surface area (Å²) in [6.45, 7) is 15.8. The number of piperidine rings is 1. The summed E-state index contributed by atoms with van der Waals surface area (Å²) >= 11 is 0. The quantitative estimate of drug-likeness (QED) is 0.773. The Morgan fingerprint density at radius 2 is 1.56 bits per heavy atom. The average Bonchev–Trinajstić information content (AvgIpc) is 2.62. The fourth-order valence-corrected chi connectivity index (χ4v) is 4.61. The topological polar surface area (TPSA) is 69.9 Å². The van der Waals surface area contributed by atoms with Crippen molar-refractivity contribution in [3.05, 3.63) is 11.6 Å². The second-order valence-corrected chi connectivity index (χ2v) is 10.0. The number of amides is 1. The maximum absolute atomic E-state index is 13.3. The summed E-state index contributed by atoms with van der Waals surface area (Å²) in [5, 5.41) is 21.8. The molecule has 0 aromatic carbocycles. The van der Waals surface area contributed by atoms with E-state index in [9.17, 15) is 10.0 Å². The molecule has 0 spiro atoms. The Hall–Kier alpha value is -0.950. The standard InChI is InChI=1S/C19H35N3O3/c1-16(2)10-13(11-17(3,4)21(16)24)20(9)15(23)14-12-18(5,6)22(25)19(14,7)8/h12-13,24-25H,10-11H2,1-9H3/p+1. The SMILES string of the molecule is CN(C(=O)C1=CC(C)(C)N([OH2+])C1(C)C)C1CC(C)(C)N(O)C(C)(C)C1. The van der Waals surface area contributed by atoms with E-state index < -0.39 is 22.2 Å². The number of rotatable bonds is 2. The van der Waals surface area contributed by atoms with E-state index in [-0.39, 0.29) is 11.9 Å². The predicted octanol–water partition coefficient (Wildman–Crippen LogP) is 2.29. The summed E-state index contributed by atoms with van der Waals surface area (Å²) in [7, 11) is 1.85. The first-order chi connectivity index (χ1) is 11.0. The minimum absolute atomic E-state index is 0.0178. The molecule has 2 aliphatic heterocycles. The van der Waals surface area contributed by atoms with Crippen molar-refractivity contribution in [3.63, 3.8) is 0 Å². The van der Waals surface area contributed by atoms with Crippen LogP contribution in [0.3, 0.4) is 0 Å². The molecule has 1 amide bonds. The van der Waals surface area contributed by atoms with Crippen LogP contribution in [0.5, 0.6) is 0 Å². The molecule has 25 heavy (non-hydrogen) atoms. The van der Waals surface area contributed by atoms with Crippen molar-refractivity contribution in [1.82, 2.24) is 15.0 Å². The van der Waals surface area contributed by atoms with Gasteiger partial charge in [-0.05, 0) is 74.3 Å². The summed E-state index contributed by atoms with van der Waals surface area (Å²) in [5.41, 5.74) is -1.22. The molecule has 0 bridgehead atoms. The molecule has 6 nitrogen and oxygen atoms in total. The molecule has 0 unspecified atom stereocenters. The summed E-state index contributed by atoms with van der Waals surface area (Å²) in [6, 6.07) is 0.0421. The minimum Gasteiger partial charge on any atom is -0.339 e. The fourth-order valence-electron chi connectivity index (χ4n) is 4.61. The number of nitrogens with zero attached hydrogens (tertiary/aromatic N) is 3. The molecular formula is C19H36N3O3+. The monoisotopic (exact) mass is 354 g/mol. The zero-order chi connectivity index (χ0) is 19.6. The van der Waals surface area contributed by atoms with E-state index in [1.165, 1.54) is 10.1 Å². The first-order valence-electron chi connectivity index (χ1n) is 9.05. The lowest BCUT2D eigenvalue weighted by Gasteiger charge is -2.53. The highest BCUT2D eigenvalue weighted by atomic mass is 16.5. The van der Waals surface area contributed by atoms with Crippen LogP contribution in [-0.4, -0.2) is 66.6 Å². The van der Waals surface area contributed by atoms with Crippen molar-refractivity contribution in [3.8, 4) is 0 Å². The highest BCUT2D eigenvalue weighted by Gasteiger charge is 2.53. The van der Waals surface area contributed by atoms with Gasteiger partial charge < -0.3 is 15.3 Å². The molecule has 2 aliphatic rings. The van der Waals surface area contributed by atoms with Crippen molar-refractivity contribution in [2.45, 2.75) is 96.4 Å². The second kappa shape index (κ2) is 5.78. The average molecular weight is 355 g/mol. The van der Waals surface area contributed by atoms with Crippen molar-refractivity contribution in [2.75, 3.05) is 7.05 Å². The van der Waals surface area contributed by atoms with Crippen LogP contribution in [0.1, 0.15) is 68.2 Å². The molecule has 0 radical (unpaired) electrons. The van der Waals surface area contributed by atoms with Crippen molar-refractivity contribution < 1.29 is 15.2 Å². The van der Waals surface area contributed by atoms with Gasteiger partial charge >= 0.3 is 0 Å². The van der Waals surface area contributed by atoms with Gasteiger partial charge in [0.25, 0.3) is 5.91 Å². The maximum Gasteiger partial charge on any atom is 0.251 e. The molecule has 0 aromatic rings. The number of hydrogen-bond acceptors (Lipinski definition) is 4. The molecule has 144 valence electrons. The Morgan fingerprint density at radius 3 is 1.92 bits per heavy atom. The molecular weight excluding hydrogens is 318 g/mol. The van der Waals surface area contributed by atoms with Crippen molar-refractivity contribution in [1.29, 1.82) is 0 Å². The van der Waals surface area contributed by atoms with Gasteiger partial charge in [0.15, 0.2) is 0 Å². The third-order valence-corrected chi connectivity index (χ3v) is 6.01. The highest BCUT2D eigenvalue weighted by molar-refractivity contribution is 5.96. The molecule has 2 rings (SSSR count). The molecule has 6 heteroatoms. The van der Waals surface area contributed by atoms with Crippen LogP contribution >= 0.6 is 0 Å². The van der Waals surface area contributed by atoms with Gasteiger partial charge in [-0.1, -0.05) is 5.06 Å². The minimum atomic E-state index is -0.627. The van der Waals surface area contributed by atoms with Gasteiger partial charge in [-0.15, -0.1) is 0 Å². The number of hydroxylamine groups is 4. The van der Waals surface area contributed by atoms with Crippen LogP contribution in [0.4, 0.5) is 0 Å². The smallest absolute Gasteiger partial charge is 0.251 e. The zero-order valence-electron chi connectivity index (χ0n) is 17.3. The van der Waals surface area contributed by atoms with Crippen molar-refractivity contribution in [2.24, 2.45) is 0 Å². The lowest BCUT2D eigenvalue weighted by Crippen LogP contribution is -2.63. The van der Waals surface area contributed by atoms with Gasteiger partial charge in [0.1, 0.15) is 11.1 Å². The van der Waals surface area contributed by atoms with E-state index in [4.69, 9.17) is 5.21 Å². The first kappa shape index (κ1) is 20.4.